The van der Waals surface area contributed by atoms with Crippen LogP contribution in [-0.4, -0.2) is 53.3 Å². The van der Waals surface area contributed by atoms with Crippen molar-refractivity contribution >= 4 is 0 Å². The van der Waals surface area contributed by atoms with Crippen LogP contribution in [0.3, 0.4) is 0 Å². The van der Waals surface area contributed by atoms with Gasteiger partial charge >= 0.3 is 0 Å². The van der Waals surface area contributed by atoms with Gasteiger partial charge in [0.25, 0.3) is 6.43 Å². The minimum Gasteiger partial charge on any atom is -0.476 e. The van der Waals surface area contributed by atoms with Crippen LogP contribution in [0.15, 0.2) is 12.3 Å². The molecule has 0 aliphatic carbocycles. The number of hydrogen-bond acceptors (Lipinski definition) is 5. The average Bonchev–Trinajstić information content (AvgIpc) is 3.05. The lowest BCUT2D eigenvalue weighted by Crippen LogP contribution is -2.47. The Balaban J connectivity index is 1.61. The molecule has 1 aromatic heterocycles. The van der Waals surface area contributed by atoms with E-state index in [9.17, 15) is 8.78 Å². The maximum absolute atomic E-state index is 12.6. The van der Waals surface area contributed by atoms with E-state index in [2.05, 4.69) is 14.9 Å². The molecule has 0 amide bonds. The van der Waals surface area contributed by atoms with E-state index < -0.39 is 12.2 Å². The fourth-order valence-corrected chi connectivity index (χ4v) is 3.78. The fourth-order valence-electron chi connectivity index (χ4n) is 3.78. The van der Waals surface area contributed by atoms with Crippen LogP contribution in [0.25, 0.3) is 0 Å². The summed E-state index contributed by atoms with van der Waals surface area (Å²) in [5.41, 5.74) is 0.141. The van der Waals surface area contributed by atoms with Crippen molar-refractivity contribution < 1.29 is 18.3 Å². The first-order valence-corrected chi connectivity index (χ1v) is 7.64. The maximum Gasteiger partial charge on any atom is 0.297 e. The monoisotopic (exact) mass is 313 g/mol. The summed E-state index contributed by atoms with van der Waals surface area (Å²) in [7, 11) is 1.74. The molecule has 2 fully saturated rings. The van der Waals surface area contributed by atoms with Gasteiger partial charge in [-0.2, -0.15) is 4.98 Å². The predicted octanol–water partition coefficient (Wildman–Crippen LogP) is 2.44. The average molecular weight is 313 g/mol. The summed E-state index contributed by atoms with van der Waals surface area (Å²) in [5.74, 6) is -0.271. The SMILES string of the molecule is COCC12CCCN1C(COc1ccnc(C(F)F)n1)CC2. The minimum atomic E-state index is -2.68. The van der Waals surface area contributed by atoms with E-state index in [1.54, 1.807) is 7.11 Å². The van der Waals surface area contributed by atoms with Gasteiger partial charge in [0.05, 0.1) is 6.61 Å². The Kier molecular flexibility index (Phi) is 4.54. The lowest BCUT2D eigenvalue weighted by Gasteiger charge is -2.34. The van der Waals surface area contributed by atoms with Crippen molar-refractivity contribution in [3.8, 4) is 5.88 Å². The van der Waals surface area contributed by atoms with Gasteiger partial charge in [-0.05, 0) is 32.2 Å². The summed E-state index contributed by atoms with van der Waals surface area (Å²) in [6.07, 6.45) is 3.09. The summed E-state index contributed by atoms with van der Waals surface area (Å²) in [4.78, 5) is 9.75. The van der Waals surface area contributed by atoms with Gasteiger partial charge in [-0.25, -0.2) is 13.8 Å². The third kappa shape index (κ3) is 2.92. The number of halogens is 2. The Morgan fingerprint density at radius 2 is 2.32 bits per heavy atom. The molecule has 1 aromatic rings. The zero-order chi connectivity index (χ0) is 15.6. The molecule has 5 nitrogen and oxygen atoms in total. The first-order valence-electron chi connectivity index (χ1n) is 7.64. The zero-order valence-corrected chi connectivity index (χ0v) is 12.7. The highest BCUT2D eigenvalue weighted by molar-refractivity contribution is 5.10. The molecule has 0 N–H and O–H groups in total. The van der Waals surface area contributed by atoms with Crippen molar-refractivity contribution in [3.63, 3.8) is 0 Å². The smallest absolute Gasteiger partial charge is 0.297 e. The largest absolute Gasteiger partial charge is 0.476 e. The second-order valence-electron chi connectivity index (χ2n) is 6.01. The van der Waals surface area contributed by atoms with Gasteiger partial charge in [0.15, 0.2) is 5.82 Å². The Hall–Kier alpha value is -1.34. The summed E-state index contributed by atoms with van der Waals surface area (Å²) in [6, 6.07) is 1.82. The van der Waals surface area contributed by atoms with Crippen molar-refractivity contribution in [2.45, 2.75) is 43.7 Å². The highest BCUT2D eigenvalue weighted by Gasteiger charge is 2.49. The third-order valence-electron chi connectivity index (χ3n) is 4.71. The number of ether oxygens (including phenoxy) is 2. The highest BCUT2D eigenvalue weighted by Crippen LogP contribution is 2.42. The lowest BCUT2D eigenvalue weighted by molar-refractivity contribution is 0.0395. The van der Waals surface area contributed by atoms with Crippen molar-refractivity contribution in [2.75, 3.05) is 26.9 Å². The van der Waals surface area contributed by atoms with Crippen molar-refractivity contribution in [1.82, 2.24) is 14.9 Å². The van der Waals surface area contributed by atoms with E-state index in [-0.39, 0.29) is 11.4 Å². The summed E-state index contributed by atoms with van der Waals surface area (Å²) in [5, 5.41) is 0. The zero-order valence-electron chi connectivity index (χ0n) is 12.7. The molecule has 0 aromatic carbocycles. The number of fused-ring (bicyclic) bond motifs is 1. The van der Waals surface area contributed by atoms with Crippen LogP contribution in [-0.2, 0) is 4.74 Å². The van der Waals surface area contributed by atoms with Gasteiger partial charge in [0.1, 0.15) is 6.61 Å². The van der Waals surface area contributed by atoms with Crippen LogP contribution in [0, 0.1) is 0 Å². The van der Waals surface area contributed by atoms with Crippen LogP contribution in [0.2, 0.25) is 0 Å². The van der Waals surface area contributed by atoms with Crippen LogP contribution < -0.4 is 4.74 Å². The summed E-state index contributed by atoms with van der Waals surface area (Å²) >= 11 is 0. The molecule has 2 saturated heterocycles. The number of aromatic nitrogens is 2. The van der Waals surface area contributed by atoms with E-state index in [0.29, 0.717) is 12.6 Å². The van der Waals surface area contributed by atoms with E-state index >= 15 is 0 Å². The Bertz CT molecular complexity index is 517. The lowest BCUT2D eigenvalue weighted by atomic mass is 9.95. The van der Waals surface area contributed by atoms with E-state index in [1.807, 2.05) is 0 Å². The van der Waals surface area contributed by atoms with Crippen LogP contribution in [0.5, 0.6) is 5.88 Å². The van der Waals surface area contributed by atoms with Gasteiger partial charge in [0.2, 0.25) is 5.88 Å². The highest BCUT2D eigenvalue weighted by atomic mass is 19.3. The molecule has 0 radical (unpaired) electrons. The molecular formula is C15H21F2N3O2. The minimum absolute atomic E-state index is 0.141. The van der Waals surface area contributed by atoms with Crippen LogP contribution in [0.4, 0.5) is 8.78 Å². The number of hydrogen-bond donors (Lipinski definition) is 0. The number of alkyl halides is 2. The van der Waals surface area contributed by atoms with Gasteiger partial charge in [0, 0.05) is 31.0 Å². The van der Waals surface area contributed by atoms with Crippen molar-refractivity contribution in [1.29, 1.82) is 0 Å². The molecular weight excluding hydrogens is 292 g/mol. The molecule has 3 rings (SSSR count). The van der Waals surface area contributed by atoms with E-state index in [0.717, 1.165) is 32.4 Å². The number of methoxy groups -OCH3 is 1. The molecule has 2 unspecified atom stereocenters. The third-order valence-corrected chi connectivity index (χ3v) is 4.71. The summed E-state index contributed by atoms with van der Waals surface area (Å²) < 4.78 is 36.2. The molecule has 0 saturated carbocycles. The van der Waals surface area contributed by atoms with E-state index in [4.69, 9.17) is 9.47 Å². The molecule has 2 aliphatic heterocycles. The second kappa shape index (κ2) is 6.42. The normalized spacial score (nSPS) is 28.3. The van der Waals surface area contributed by atoms with Gasteiger partial charge < -0.3 is 9.47 Å². The molecule has 3 heterocycles. The molecule has 2 atom stereocenters. The van der Waals surface area contributed by atoms with Crippen LogP contribution >= 0.6 is 0 Å². The molecule has 0 bridgehead atoms. The number of nitrogens with zero attached hydrogens (tertiary/aromatic N) is 3. The standard InChI is InChI=1S/C15H21F2N3O2/c1-21-10-15-5-2-8-20(15)11(3-6-15)9-22-12-4-7-18-14(19-12)13(16)17/h4,7,11,13H,2-3,5-6,8-10H2,1H3. The molecule has 122 valence electrons. The van der Waals surface area contributed by atoms with Crippen LogP contribution in [0.1, 0.15) is 37.9 Å². The fraction of sp³-hybridized carbons (Fsp3) is 0.733. The maximum atomic E-state index is 12.6. The van der Waals surface area contributed by atoms with E-state index in [1.165, 1.54) is 18.7 Å². The Morgan fingerprint density at radius 3 is 3.09 bits per heavy atom. The molecule has 2 aliphatic rings. The summed E-state index contributed by atoms with van der Waals surface area (Å²) in [6.45, 7) is 2.25. The predicted molar refractivity (Wildman–Crippen MR) is 76.1 cm³/mol. The quantitative estimate of drug-likeness (QED) is 0.807. The number of rotatable bonds is 6. The Labute approximate surface area is 128 Å². The van der Waals surface area contributed by atoms with Crippen molar-refractivity contribution in [3.05, 3.63) is 18.1 Å². The Morgan fingerprint density at radius 1 is 1.45 bits per heavy atom. The first kappa shape index (κ1) is 15.6. The molecule has 22 heavy (non-hydrogen) atoms. The van der Waals surface area contributed by atoms with Gasteiger partial charge in [-0.3, -0.25) is 4.90 Å². The molecule has 7 heteroatoms. The topological polar surface area (TPSA) is 47.5 Å². The second-order valence-corrected chi connectivity index (χ2v) is 6.01. The van der Waals surface area contributed by atoms with Crippen molar-refractivity contribution in [2.24, 2.45) is 0 Å². The van der Waals surface area contributed by atoms with Gasteiger partial charge in [-0.15, -0.1) is 0 Å². The van der Waals surface area contributed by atoms with Gasteiger partial charge in [-0.1, -0.05) is 0 Å². The first-order chi connectivity index (χ1) is 10.6. The molecule has 0 spiro atoms.